The van der Waals surface area contributed by atoms with Gasteiger partial charge >= 0.3 is 0 Å². The molecule has 0 N–H and O–H groups in total. The Morgan fingerprint density at radius 1 is 0.652 bits per heavy atom. The van der Waals surface area contributed by atoms with Crippen LogP contribution in [0.4, 0.5) is 0 Å². The monoisotopic (exact) mass is 335 g/mol. The molecule has 0 aromatic heterocycles. The number of hydrogen-bond donors (Lipinski definition) is 0. The van der Waals surface area contributed by atoms with E-state index in [0.29, 0.717) is 0 Å². The van der Waals surface area contributed by atoms with Crippen molar-refractivity contribution in [1.29, 1.82) is 0 Å². The highest BCUT2D eigenvalue weighted by Gasteiger charge is 2.34. The van der Waals surface area contributed by atoms with Crippen LogP contribution in [0.5, 0.6) is 0 Å². The van der Waals surface area contributed by atoms with Crippen LogP contribution in [0.15, 0.2) is 98.4 Å². The molecule has 1 heterocycles. The summed E-state index contributed by atoms with van der Waals surface area (Å²) in [5.74, 6) is 1.24. The summed E-state index contributed by atoms with van der Waals surface area (Å²) in [7, 11) is 0.211. The van der Waals surface area contributed by atoms with Gasteiger partial charge in [0.2, 0.25) is 0 Å². The molecule has 3 aromatic rings. The second-order valence-electron chi connectivity index (χ2n) is 5.68. The molecule has 3 aromatic carbocycles. The third-order valence-corrected chi connectivity index (χ3v) is 7.99. The van der Waals surface area contributed by atoms with Crippen molar-refractivity contribution in [3.63, 3.8) is 0 Å². The molecule has 0 saturated heterocycles. The van der Waals surface area contributed by atoms with E-state index in [9.17, 15) is 0 Å². The lowest BCUT2D eigenvalue weighted by Gasteiger charge is -2.19. The molecule has 0 saturated carbocycles. The molecule has 0 unspecified atom stereocenters. The van der Waals surface area contributed by atoms with Gasteiger partial charge in [0.15, 0.2) is 9.79 Å². The predicted molar refractivity (Wildman–Crippen MR) is 101 cm³/mol. The SMILES string of the molecule is c1ccc(CCC[S+]2c3ccccc3Sc3ccccc32)cc1. The van der Waals surface area contributed by atoms with Crippen LogP contribution in [-0.4, -0.2) is 5.75 Å². The minimum Gasteiger partial charge on any atom is -0.0795 e. The average Bonchev–Trinajstić information content (AvgIpc) is 2.62. The van der Waals surface area contributed by atoms with E-state index in [-0.39, 0.29) is 10.9 Å². The molecular weight excluding hydrogens is 316 g/mol. The first-order chi connectivity index (χ1) is 11.4. The first kappa shape index (κ1) is 14.9. The van der Waals surface area contributed by atoms with Gasteiger partial charge in [-0.05, 0) is 42.7 Å². The molecule has 0 atom stereocenters. The molecule has 1 aliphatic rings. The Bertz CT molecular complexity index is 750. The zero-order valence-corrected chi connectivity index (χ0v) is 14.6. The number of rotatable bonds is 4. The quantitative estimate of drug-likeness (QED) is 0.541. The van der Waals surface area contributed by atoms with Crippen LogP contribution in [0.2, 0.25) is 0 Å². The van der Waals surface area contributed by atoms with Crippen molar-refractivity contribution in [2.75, 3.05) is 5.75 Å². The lowest BCUT2D eigenvalue weighted by Crippen LogP contribution is -2.14. The molecular formula is C21H19S2+. The Labute approximate surface area is 145 Å². The van der Waals surface area contributed by atoms with E-state index in [1.54, 1.807) is 0 Å². The third kappa shape index (κ3) is 3.19. The van der Waals surface area contributed by atoms with Gasteiger partial charge in [0.05, 0.1) is 20.7 Å². The van der Waals surface area contributed by atoms with Crippen molar-refractivity contribution in [3.05, 3.63) is 84.4 Å². The maximum absolute atomic E-state index is 2.32. The normalized spacial score (nSPS) is 13.4. The van der Waals surface area contributed by atoms with Crippen LogP contribution in [-0.2, 0) is 17.3 Å². The fourth-order valence-corrected chi connectivity index (χ4v) is 6.94. The van der Waals surface area contributed by atoms with Gasteiger partial charge in [0.1, 0.15) is 5.75 Å². The van der Waals surface area contributed by atoms with E-state index in [1.807, 2.05) is 11.8 Å². The largest absolute Gasteiger partial charge is 0.174 e. The summed E-state index contributed by atoms with van der Waals surface area (Å²) in [5, 5.41) is 0. The van der Waals surface area contributed by atoms with Crippen molar-refractivity contribution in [2.24, 2.45) is 0 Å². The molecule has 23 heavy (non-hydrogen) atoms. The maximum Gasteiger partial charge on any atom is 0.174 e. The summed E-state index contributed by atoms with van der Waals surface area (Å²) in [4.78, 5) is 5.94. The molecule has 0 spiro atoms. The Balaban J connectivity index is 1.57. The third-order valence-electron chi connectivity index (χ3n) is 4.11. The fourth-order valence-electron chi connectivity index (χ4n) is 3.00. The Hall–Kier alpha value is -1.64. The van der Waals surface area contributed by atoms with Gasteiger partial charge in [0.25, 0.3) is 0 Å². The van der Waals surface area contributed by atoms with Crippen molar-refractivity contribution in [2.45, 2.75) is 32.4 Å². The molecule has 0 aliphatic carbocycles. The van der Waals surface area contributed by atoms with E-state index in [2.05, 4.69) is 78.9 Å². The zero-order chi connectivity index (χ0) is 15.5. The minimum absolute atomic E-state index is 0.211. The number of hydrogen-bond acceptors (Lipinski definition) is 1. The molecule has 0 nitrogen and oxygen atoms in total. The van der Waals surface area contributed by atoms with Crippen LogP contribution < -0.4 is 0 Å². The predicted octanol–water partition coefficient (Wildman–Crippen LogP) is 5.82. The van der Waals surface area contributed by atoms with E-state index in [0.717, 1.165) is 0 Å². The second-order valence-corrected chi connectivity index (χ2v) is 8.83. The summed E-state index contributed by atoms with van der Waals surface area (Å²) >= 11 is 1.92. The van der Waals surface area contributed by atoms with Crippen molar-refractivity contribution >= 4 is 22.7 Å². The van der Waals surface area contributed by atoms with Crippen LogP contribution >= 0.6 is 11.8 Å². The Morgan fingerprint density at radius 3 is 1.87 bits per heavy atom. The van der Waals surface area contributed by atoms with Gasteiger partial charge in [-0.25, -0.2) is 0 Å². The minimum atomic E-state index is 0.211. The highest BCUT2D eigenvalue weighted by Crippen LogP contribution is 2.45. The molecule has 4 rings (SSSR count). The van der Waals surface area contributed by atoms with Gasteiger partial charge in [-0.15, -0.1) is 0 Å². The number of fused-ring (bicyclic) bond motifs is 2. The number of benzene rings is 3. The van der Waals surface area contributed by atoms with Gasteiger partial charge in [0, 0.05) is 0 Å². The first-order valence-electron chi connectivity index (χ1n) is 8.02. The highest BCUT2D eigenvalue weighted by molar-refractivity contribution is 8.04. The lowest BCUT2D eigenvalue weighted by molar-refractivity contribution is 0.922. The van der Waals surface area contributed by atoms with E-state index >= 15 is 0 Å². The van der Waals surface area contributed by atoms with Crippen molar-refractivity contribution in [1.82, 2.24) is 0 Å². The molecule has 2 heteroatoms. The molecule has 0 fully saturated rings. The topological polar surface area (TPSA) is 0 Å². The van der Waals surface area contributed by atoms with Crippen molar-refractivity contribution in [3.8, 4) is 0 Å². The maximum atomic E-state index is 2.32. The molecule has 0 bridgehead atoms. The smallest absolute Gasteiger partial charge is 0.0795 e. The molecule has 114 valence electrons. The zero-order valence-electron chi connectivity index (χ0n) is 12.9. The summed E-state index contributed by atoms with van der Waals surface area (Å²) in [6, 6.07) is 28.7. The van der Waals surface area contributed by atoms with Gasteiger partial charge < -0.3 is 0 Å². The highest BCUT2D eigenvalue weighted by atomic mass is 32.2. The van der Waals surface area contributed by atoms with E-state index < -0.39 is 0 Å². The van der Waals surface area contributed by atoms with Crippen LogP contribution in [0.25, 0.3) is 0 Å². The van der Waals surface area contributed by atoms with Crippen LogP contribution in [0.3, 0.4) is 0 Å². The van der Waals surface area contributed by atoms with E-state index in [1.165, 1.54) is 43.7 Å². The van der Waals surface area contributed by atoms with Crippen LogP contribution in [0, 0.1) is 0 Å². The second kappa shape index (κ2) is 6.86. The van der Waals surface area contributed by atoms with Gasteiger partial charge in [-0.3, -0.25) is 0 Å². The molecule has 0 radical (unpaired) electrons. The Kier molecular flexibility index (Phi) is 4.45. The molecule has 1 aliphatic heterocycles. The first-order valence-corrected chi connectivity index (χ1v) is 10.2. The number of aryl methyl sites for hydroxylation is 1. The van der Waals surface area contributed by atoms with Gasteiger partial charge in [-0.1, -0.05) is 66.4 Å². The van der Waals surface area contributed by atoms with E-state index in [4.69, 9.17) is 0 Å². The van der Waals surface area contributed by atoms with Crippen molar-refractivity contribution < 1.29 is 0 Å². The fraction of sp³-hybridized carbons (Fsp3) is 0.143. The summed E-state index contributed by atoms with van der Waals surface area (Å²) in [5.41, 5.74) is 1.45. The van der Waals surface area contributed by atoms with Gasteiger partial charge in [-0.2, -0.15) is 0 Å². The lowest BCUT2D eigenvalue weighted by atomic mass is 10.1. The standard InChI is InChI=1S/C21H19S2/c1-2-9-17(10-3-1)11-8-16-23-20-14-6-4-12-18(20)22-19-13-5-7-15-21(19)23/h1-7,9-10,12-15H,8,11,16H2/q+1. The average molecular weight is 336 g/mol. The summed E-state index contributed by atoms with van der Waals surface area (Å²) in [6.07, 6.45) is 2.41. The molecule has 0 amide bonds. The summed E-state index contributed by atoms with van der Waals surface area (Å²) < 4.78 is 0. The van der Waals surface area contributed by atoms with Crippen LogP contribution in [0.1, 0.15) is 12.0 Å². The Morgan fingerprint density at radius 2 is 1.22 bits per heavy atom. The summed E-state index contributed by atoms with van der Waals surface area (Å²) in [6.45, 7) is 0.